The third-order valence-electron chi connectivity index (χ3n) is 2.90. The van der Waals surface area contributed by atoms with Crippen LogP contribution < -0.4 is 0 Å². The molecule has 0 aliphatic carbocycles. The number of ether oxygens (including phenoxy) is 1. The third-order valence-corrected chi connectivity index (χ3v) is 3.54. The summed E-state index contributed by atoms with van der Waals surface area (Å²) in [6.45, 7) is 3.20. The molecule has 0 fully saturated rings. The minimum absolute atomic E-state index is 0.316. The highest BCUT2D eigenvalue weighted by molar-refractivity contribution is 6.31. The number of rotatable bonds is 5. The van der Waals surface area contributed by atoms with Crippen LogP contribution >= 0.6 is 23.2 Å². The average Bonchev–Trinajstić information content (AvgIpc) is 2.82. The van der Waals surface area contributed by atoms with E-state index in [4.69, 9.17) is 27.9 Å². The van der Waals surface area contributed by atoms with E-state index in [2.05, 4.69) is 10.2 Å². The molecule has 2 aromatic rings. The van der Waals surface area contributed by atoms with Crippen molar-refractivity contribution in [2.24, 2.45) is 0 Å². The summed E-state index contributed by atoms with van der Waals surface area (Å²) >= 11 is 12.0. The quantitative estimate of drug-likeness (QED) is 0.795. The first-order valence-corrected chi connectivity index (χ1v) is 6.82. The van der Waals surface area contributed by atoms with Crippen molar-refractivity contribution in [2.45, 2.75) is 19.3 Å². The highest BCUT2D eigenvalue weighted by atomic mass is 35.5. The average molecular weight is 300 g/mol. The molecule has 102 valence electrons. The summed E-state index contributed by atoms with van der Waals surface area (Å²) < 4.78 is 7.06. The SMILES string of the molecule is COCCn1c(CCl)nnc1-c1ccc(C)c(Cl)c1. The molecule has 0 radical (unpaired) electrons. The summed E-state index contributed by atoms with van der Waals surface area (Å²) in [6.07, 6.45) is 0. The van der Waals surface area contributed by atoms with Gasteiger partial charge in [-0.15, -0.1) is 21.8 Å². The number of hydrogen-bond donors (Lipinski definition) is 0. The Balaban J connectivity index is 2.42. The van der Waals surface area contributed by atoms with Gasteiger partial charge in [0, 0.05) is 24.2 Å². The van der Waals surface area contributed by atoms with Crippen LogP contribution in [0.3, 0.4) is 0 Å². The summed E-state index contributed by atoms with van der Waals surface area (Å²) in [5.74, 6) is 1.80. The van der Waals surface area contributed by atoms with Gasteiger partial charge in [-0.25, -0.2) is 0 Å². The minimum Gasteiger partial charge on any atom is -0.383 e. The van der Waals surface area contributed by atoms with Gasteiger partial charge in [0.25, 0.3) is 0 Å². The van der Waals surface area contributed by atoms with Gasteiger partial charge in [0.15, 0.2) is 5.82 Å². The van der Waals surface area contributed by atoms with Gasteiger partial charge in [-0.05, 0) is 18.6 Å². The highest BCUT2D eigenvalue weighted by Crippen LogP contribution is 2.25. The summed E-state index contributed by atoms with van der Waals surface area (Å²) in [6, 6.07) is 5.84. The first kappa shape index (κ1) is 14.3. The largest absolute Gasteiger partial charge is 0.383 e. The molecule has 0 aliphatic rings. The summed E-state index contributed by atoms with van der Waals surface area (Å²) in [4.78, 5) is 0. The second-order valence-corrected chi connectivity index (χ2v) is 4.86. The zero-order chi connectivity index (χ0) is 13.8. The van der Waals surface area contributed by atoms with Crippen LogP contribution in [0.5, 0.6) is 0 Å². The van der Waals surface area contributed by atoms with E-state index in [1.54, 1.807) is 7.11 Å². The number of halogens is 2. The Labute approximate surface area is 122 Å². The van der Waals surface area contributed by atoms with Crippen molar-refractivity contribution in [1.82, 2.24) is 14.8 Å². The molecule has 0 N–H and O–H groups in total. The van der Waals surface area contributed by atoms with E-state index in [-0.39, 0.29) is 0 Å². The lowest BCUT2D eigenvalue weighted by Gasteiger charge is -2.09. The fourth-order valence-corrected chi connectivity index (χ4v) is 2.18. The molecule has 0 spiro atoms. The van der Waals surface area contributed by atoms with Gasteiger partial charge >= 0.3 is 0 Å². The monoisotopic (exact) mass is 299 g/mol. The zero-order valence-corrected chi connectivity index (χ0v) is 12.4. The molecule has 1 heterocycles. The second-order valence-electron chi connectivity index (χ2n) is 4.18. The maximum absolute atomic E-state index is 6.15. The standard InChI is InChI=1S/C13H15Cl2N3O/c1-9-3-4-10(7-11(9)15)13-17-16-12(8-14)18(13)5-6-19-2/h3-4,7H,5-6,8H2,1-2H3. The van der Waals surface area contributed by atoms with Crippen LogP contribution in [0.15, 0.2) is 18.2 Å². The van der Waals surface area contributed by atoms with E-state index < -0.39 is 0 Å². The molecule has 0 saturated heterocycles. The fourth-order valence-electron chi connectivity index (χ4n) is 1.80. The highest BCUT2D eigenvalue weighted by Gasteiger charge is 2.13. The predicted molar refractivity (Wildman–Crippen MR) is 76.6 cm³/mol. The maximum atomic E-state index is 6.15. The molecule has 0 atom stereocenters. The van der Waals surface area contributed by atoms with E-state index in [0.29, 0.717) is 24.1 Å². The molecular formula is C13H15Cl2N3O. The fraction of sp³-hybridized carbons (Fsp3) is 0.385. The Morgan fingerprint density at radius 1 is 1.32 bits per heavy atom. The second kappa shape index (κ2) is 6.37. The molecule has 1 aromatic heterocycles. The van der Waals surface area contributed by atoms with Gasteiger partial charge in [0.05, 0.1) is 12.5 Å². The van der Waals surface area contributed by atoms with Crippen molar-refractivity contribution in [3.05, 3.63) is 34.6 Å². The summed E-state index contributed by atoms with van der Waals surface area (Å²) in [5.41, 5.74) is 1.96. The number of alkyl halides is 1. The molecule has 0 aliphatic heterocycles. The van der Waals surface area contributed by atoms with Crippen LogP contribution in [-0.4, -0.2) is 28.5 Å². The minimum atomic E-state index is 0.316. The topological polar surface area (TPSA) is 39.9 Å². The van der Waals surface area contributed by atoms with Crippen LogP contribution in [-0.2, 0) is 17.2 Å². The van der Waals surface area contributed by atoms with Crippen LogP contribution in [0.4, 0.5) is 0 Å². The maximum Gasteiger partial charge on any atom is 0.164 e. The molecule has 0 amide bonds. The molecule has 1 aromatic carbocycles. The van der Waals surface area contributed by atoms with E-state index in [0.717, 1.165) is 22.8 Å². The Kier molecular flexibility index (Phi) is 4.80. The van der Waals surface area contributed by atoms with Gasteiger partial charge in [0.2, 0.25) is 0 Å². The Morgan fingerprint density at radius 2 is 2.11 bits per heavy atom. The number of nitrogens with zero attached hydrogens (tertiary/aromatic N) is 3. The first-order chi connectivity index (χ1) is 9.17. The van der Waals surface area contributed by atoms with Crippen LogP contribution in [0.1, 0.15) is 11.4 Å². The normalized spacial score (nSPS) is 10.9. The molecule has 4 nitrogen and oxygen atoms in total. The van der Waals surface area contributed by atoms with Crippen molar-refractivity contribution in [2.75, 3.05) is 13.7 Å². The molecule has 2 rings (SSSR count). The number of benzene rings is 1. The van der Waals surface area contributed by atoms with Gasteiger partial charge in [-0.3, -0.25) is 0 Å². The lowest BCUT2D eigenvalue weighted by molar-refractivity contribution is 0.187. The lowest BCUT2D eigenvalue weighted by Crippen LogP contribution is -2.09. The first-order valence-electron chi connectivity index (χ1n) is 5.91. The van der Waals surface area contributed by atoms with Crippen LogP contribution in [0.2, 0.25) is 5.02 Å². The van der Waals surface area contributed by atoms with Gasteiger partial charge in [-0.1, -0.05) is 23.7 Å². The number of methoxy groups -OCH3 is 1. The number of hydrogen-bond acceptors (Lipinski definition) is 3. The number of aromatic nitrogens is 3. The third kappa shape index (κ3) is 3.08. The van der Waals surface area contributed by atoms with Crippen LogP contribution in [0, 0.1) is 6.92 Å². The van der Waals surface area contributed by atoms with Crippen LogP contribution in [0.25, 0.3) is 11.4 Å². The van der Waals surface area contributed by atoms with E-state index >= 15 is 0 Å². The molecule has 6 heteroatoms. The smallest absolute Gasteiger partial charge is 0.164 e. The van der Waals surface area contributed by atoms with Crippen molar-refractivity contribution in [3.8, 4) is 11.4 Å². The summed E-state index contributed by atoms with van der Waals surface area (Å²) in [5, 5.41) is 9.01. The van der Waals surface area contributed by atoms with E-state index in [1.165, 1.54) is 0 Å². The molecule has 0 unspecified atom stereocenters. The van der Waals surface area contributed by atoms with Gasteiger partial charge < -0.3 is 9.30 Å². The van der Waals surface area contributed by atoms with E-state index in [1.807, 2.05) is 29.7 Å². The van der Waals surface area contributed by atoms with Gasteiger partial charge in [0.1, 0.15) is 5.82 Å². The number of aryl methyl sites for hydroxylation is 1. The van der Waals surface area contributed by atoms with Crippen molar-refractivity contribution in [1.29, 1.82) is 0 Å². The Morgan fingerprint density at radius 3 is 2.74 bits per heavy atom. The van der Waals surface area contributed by atoms with Crippen molar-refractivity contribution in [3.63, 3.8) is 0 Å². The lowest BCUT2D eigenvalue weighted by atomic mass is 10.1. The molecule has 0 saturated carbocycles. The van der Waals surface area contributed by atoms with E-state index in [9.17, 15) is 0 Å². The molecule has 0 bridgehead atoms. The van der Waals surface area contributed by atoms with Gasteiger partial charge in [-0.2, -0.15) is 0 Å². The zero-order valence-electron chi connectivity index (χ0n) is 10.9. The van der Waals surface area contributed by atoms with Crippen molar-refractivity contribution < 1.29 is 4.74 Å². The Bertz CT molecular complexity index is 569. The summed E-state index contributed by atoms with van der Waals surface area (Å²) in [7, 11) is 1.66. The van der Waals surface area contributed by atoms with Crippen molar-refractivity contribution >= 4 is 23.2 Å². The molecular weight excluding hydrogens is 285 g/mol. The molecule has 19 heavy (non-hydrogen) atoms. The predicted octanol–water partition coefficient (Wildman–Crippen LogP) is 3.29. The Hall–Kier alpha value is -1.10.